The monoisotopic (exact) mass is 324 g/mol. The molecular formula is C18H20N4O2. The summed E-state index contributed by atoms with van der Waals surface area (Å²) in [5.41, 5.74) is 3.20. The van der Waals surface area contributed by atoms with E-state index in [0.29, 0.717) is 18.8 Å². The molecule has 0 aliphatic carbocycles. The topological polar surface area (TPSA) is 65.5 Å². The predicted octanol–water partition coefficient (Wildman–Crippen LogP) is 1.92. The Morgan fingerprint density at radius 1 is 1.17 bits per heavy atom. The van der Waals surface area contributed by atoms with Crippen molar-refractivity contribution in [3.05, 3.63) is 53.9 Å². The zero-order valence-corrected chi connectivity index (χ0v) is 13.6. The molecule has 0 atom stereocenters. The number of nitrogens with one attached hydrogen (secondary N) is 1. The lowest BCUT2D eigenvalue weighted by Crippen LogP contribution is -2.45. The summed E-state index contributed by atoms with van der Waals surface area (Å²) in [4.78, 5) is 31.2. The van der Waals surface area contributed by atoms with E-state index in [0.717, 1.165) is 36.4 Å². The molecule has 0 spiro atoms. The largest absolute Gasteiger partial charge is 0.367 e. The molecule has 124 valence electrons. The first-order valence-corrected chi connectivity index (χ1v) is 7.94. The van der Waals surface area contributed by atoms with Crippen LogP contribution in [0.5, 0.6) is 0 Å². The Balaban J connectivity index is 1.64. The molecule has 0 saturated carbocycles. The van der Waals surface area contributed by atoms with Crippen LogP contribution in [0.25, 0.3) is 0 Å². The number of benzene rings is 1. The van der Waals surface area contributed by atoms with E-state index < -0.39 is 0 Å². The van der Waals surface area contributed by atoms with Gasteiger partial charge in [-0.25, -0.2) is 4.98 Å². The van der Waals surface area contributed by atoms with Crippen molar-refractivity contribution in [3.63, 3.8) is 0 Å². The molecule has 24 heavy (non-hydrogen) atoms. The molecule has 2 amide bonds. The van der Waals surface area contributed by atoms with Gasteiger partial charge in [0.1, 0.15) is 5.69 Å². The van der Waals surface area contributed by atoms with Gasteiger partial charge >= 0.3 is 0 Å². The van der Waals surface area contributed by atoms with E-state index in [1.165, 1.54) is 0 Å². The quantitative estimate of drug-likeness (QED) is 0.873. The zero-order chi connectivity index (χ0) is 16.9. The summed E-state index contributed by atoms with van der Waals surface area (Å²) < 4.78 is 0. The van der Waals surface area contributed by atoms with Crippen molar-refractivity contribution in [2.24, 2.45) is 0 Å². The van der Waals surface area contributed by atoms with Crippen LogP contribution in [0.4, 0.5) is 11.4 Å². The van der Waals surface area contributed by atoms with E-state index in [-0.39, 0.29) is 5.91 Å². The van der Waals surface area contributed by atoms with Crippen molar-refractivity contribution < 1.29 is 9.59 Å². The summed E-state index contributed by atoms with van der Waals surface area (Å²) in [6.45, 7) is 4.94. The molecule has 6 nitrogen and oxygen atoms in total. The molecule has 1 N–H and O–H groups in total. The van der Waals surface area contributed by atoms with Gasteiger partial charge in [0.25, 0.3) is 5.91 Å². The van der Waals surface area contributed by atoms with Crippen molar-refractivity contribution >= 4 is 23.7 Å². The van der Waals surface area contributed by atoms with Gasteiger partial charge in [0.05, 0.1) is 11.9 Å². The van der Waals surface area contributed by atoms with Crippen LogP contribution in [-0.2, 0) is 4.79 Å². The fourth-order valence-corrected chi connectivity index (χ4v) is 2.71. The van der Waals surface area contributed by atoms with Crippen LogP contribution in [0.15, 0.2) is 42.6 Å². The smallest absolute Gasteiger partial charge is 0.274 e. The number of pyridine rings is 1. The number of carbonyl (C=O) groups is 2. The van der Waals surface area contributed by atoms with Crippen LogP contribution in [0.2, 0.25) is 0 Å². The van der Waals surface area contributed by atoms with E-state index in [4.69, 9.17) is 0 Å². The fourth-order valence-electron chi connectivity index (χ4n) is 2.71. The number of aromatic nitrogens is 1. The lowest BCUT2D eigenvalue weighted by molar-refractivity contribution is -0.118. The third-order valence-corrected chi connectivity index (χ3v) is 4.08. The highest BCUT2D eigenvalue weighted by molar-refractivity contribution is 6.03. The van der Waals surface area contributed by atoms with Gasteiger partial charge in [0, 0.05) is 31.9 Å². The molecule has 3 rings (SSSR count). The third kappa shape index (κ3) is 3.71. The van der Waals surface area contributed by atoms with Gasteiger partial charge in [-0.05, 0) is 36.8 Å². The minimum atomic E-state index is -0.224. The van der Waals surface area contributed by atoms with Gasteiger partial charge in [-0.15, -0.1) is 0 Å². The molecular weight excluding hydrogens is 304 g/mol. The van der Waals surface area contributed by atoms with Crippen LogP contribution in [0, 0.1) is 6.92 Å². The molecule has 0 bridgehead atoms. The summed E-state index contributed by atoms with van der Waals surface area (Å²) >= 11 is 0. The van der Waals surface area contributed by atoms with Crippen molar-refractivity contribution in [1.29, 1.82) is 0 Å². The molecule has 1 aliphatic heterocycles. The average Bonchev–Trinajstić information content (AvgIpc) is 2.62. The Labute approximate surface area is 141 Å². The van der Waals surface area contributed by atoms with Crippen LogP contribution >= 0.6 is 0 Å². The van der Waals surface area contributed by atoms with Gasteiger partial charge in [-0.1, -0.05) is 12.1 Å². The van der Waals surface area contributed by atoms with Crippen LogP contribution in [0.3, 0.4) is 0 Å². The molecule has 2 heterocycles. The van der Waals surface area contributed by atoms with Crippen molar-refractivity contribution in [2.75, 3.05) is 36.4 Å². The maximum atomic E-state index is 12.3. The van der Waals surface area contributed by atoms with E-state index in [2.05, 4.69) is 15.2 Å². The number of anilines is 2. The third-order valence-electron chi connectivity index (χ3n) is 4.08. The second-order valence-corrected chi connectivity index (χ2v) is 5.85. The molecule has 1 aromatic carbocycles. The SMILES string of the molecule is Cc1cccc(NC(=O)c2ccc(N3CCN(C=O)CC3)cn2)c1. The highest BCUT2D eigenvalue weighted by atomic mass is 16.2. The Morgan fingerprint density at radius 3 is 2.58 bits per heavy atom. The molecule has 0 radical (unpaired) electrons. The normalized spacial score (nSPS) is 14.4. The number of nitrogens with zero attached hydrogens (tertiary/aromatic N) is 3. The number of aryl methyl sites for hydroxylation is 1. The number of amides is 2. The van der Waals surface area contributed by atoms with Crippen molar-refractivity contribution in [1.82, 2.24) is 9.88 Å². The number of rotatable bonds is 4. The van der Waals surface area contributed by atoms with E-state index >= 15 is 0 Å². The highest BCUT2D eigenvalue weighted by Gasteiger charge is 2.16. The summed E-state index contributed by atoms with van der Waals surface area (Å²) in [5, 5.41) is 2.85. The summed E-state index contributed by atoms with van der Waals surface area (Å²) in [6, 6.07) is 11.3. The molecule has 1 aliphatic rings. The first kappa shape index (κ1) is 16.0. The summed E-state index contributed by atoms with van der Waals surface area (Å²) in [5.74, 6) is -0.224. The van der Waals surface area contributed by atoms with E-state index in [9.17, 15) is 9.59 Å². The van der Waals surface area contributed by atoms with Gasteiger partial charge in [-0.3, -0.25) is 9.59 Å². The van der Waals surface area contributed by atoms with Crippen LogP contribution in [0.1, 0.15) is 16.1 Å². The average molecular weight is 324 g/mol. The van der Waals surface area contributed by atoms with Gasteiger partial charge in [0.15, 0.2) is 0 Å². The van der Waals surface area contributed by atoms with E-state index in [1.54, 1.807) is 17.2 Å². The highest BCUT2D eigenvalue weighted by Crippen LogP contribution is 2.16. The zero-order valence-electron chi connectivity index (χ0n) is 13.6. The Hall–Kier alpha value is -2.89. The first-order valence-electron chi connectivity index (χ1n) is 7.94. The van der Waals surface area contributed by atoms with Gasteiger partial charge in [-0.2, -0.15) is 0 Å². The van der Waals surface area contributed by atoms with E-state index in [1.807, 2.05) is 37.3 Å². The summed E-state index contributed by atoms with van der Waals surface area (Å²) in [6.07, 6.45) is 2.59. The minimum Gasteiger partial charge on any atom is -0.367 e. The van der Waals surface area contributed by atoms with Gasteiger partial charge < -0.3 is 15.1 Å². The maximum absolute atomic E-state index is 12.3. The minimum absolute atomic E-state index is 0.224. The van der Waals surface area contributed by atoms with Crippen LogP contribution in [-0.4, -0.2) is 48.4 Å². The lowest BCUT2D eigenvalue weighted by Gasteiger charge is -2.33. The number of piperazine rings is 1. The molecule has 1 aromatic heterocycles. The second kappa shape index (κ2) is 7.12. The number of carbonyl (C=O) groups excluding carboxylic acids is 2. The molecule has 1 saturated heterocycles. The molecule has 1 fully saturated rings. The van der Waals surface area contributed by atoms with Gasteiger partial charge in [0.2, 0.25) is 6.41 Å². The molecule has 6 heteroatoms. The number of hydrogen-bond donors (Lipinski definition) is 1. The predicted molar refractivity (Wildman–Crippen MR) is 93.2 cm³/mol. The molecule has 0 unspecified atom stereocenters. The van der Waals surface area contributed by atoms with Crippen molar-refractivity contribution in [2.45, 2.75) is 6.92 Å². The standard InChI is InChI=1S/C18H20N4O2/c1-14-3-2-4-15(11-14)20-18(24)17-6-5-16(12-19-17)22-9-7-21(13-23)8-10-22/h2-6,11-13H,7-10H2,1H3,(H,20,24). The Kier molecular flexibility index (Phi) is 4.74. The Bertz CT molecular complexity index is 722. The van der Waals surface area contributed by atoms with Crippen molar-refractivity contribution in [3.8, 4) is 0 Å². The lowest BCUT2D eigenvalue weighted by atomic mass is 10.2. The second-order valence-electron chi connectivity index (χ2n) is 5.85. The summed E-state index contributed by atoms with van der Waals surface area (Å²) in [7, 11) is 0. The maximum Gasteiger partial charge on any atom is 0.274 e. The van der Waals surface area contributed by atoms with Crippen LogP contribution < -0.4 is 10.2 Å². The number of hydrogen-bond acceptors (Lipinski definition) is 4. The Morgan fingerprint density at radius 2 is 1.96 bits per heavy atom. The first-order chi connectivity index (χ1) is 11.7. The fraction of sp³-hybridized carbons (Fsp3) is 0.278. The molecule has 2 aromatic rings.